The standard InChI is InChI=1S/C15H19FN2O3/c1-15(2)8-5-9-18(12(15)13(19)20)14(21)17-11-7-4-3-6-10(11)16/h3-4,6-7,12H,5,8-9H2,1-2H3,(H,17,21)(H,19,20). The van der Waals surface area contributed by atoms with Crippen molar-refractivity contribution >= 4 is 17.7 Å². The minimum absolute atomic E-state index is 0.0509. The van der Waals surface area contributed by atoms with E-state index in [-0.39, 0.29) is 5.69 Å². The predicted octanol–water partition coefficient (Wildman–Crippen LogP) is 2.93. The summed E-state index contributed by atoms with van der Waals surface area (Å²) in [4.78, 5) is 25.1. The highest BCUT2D eigenvalue weighted by atomic mass is 19.1. The van der Waals surface area contributed by atoms with Crippen LogP contribution in [0.25, 0.3) is 0 Å². The van der Waals surface area contributed by atoms with Crippen molar-refractivity contribution in [2.24, 2.45) is 5.41 Å². The monoisotopic (exact) mass is 294 g/mol. The fourth-order valence-corrected chi connectivity index (χ4v) is 2.83. The van der Waals surface area contributed by atoms with Gasteiger partial charge in [-0.05, 0) is 30.4 Å². The molecule has 1 aromatic carbocycles. The Balaban J connectivity index is 2.21. The fourth-order valence-electron chi connectivity index (χ4n) is 2.83. The predicted molar refractivity (Wildman–Crippen MR) is 76.6 cm³/mol. The quantitative estimate of drug-likeness (QED) is 0.881. The molecule has 1 aliphatic heterocycles. The van der Waals surface area contributed by atoms with E-state index in [0.717, 1.165) is 12.8 Å². The zero-order chi connectivity index (χ0) is 15.6. The third-order valence-corrected chi connectivity index (χ3v) is 3.88. The van der Waals surface area contributed by atoms with Crippen molar-refractivity contribution in [1.29, 1.82) is 0 Å². The van der Waals surface area contributed by atoms with Crippen LogP contribution in [-0.2, 0) is 4.79 Å². The third kappa shape index (κ3) is 3.15. The number of anilines is 1. The van der Waals surface area contributed by atoms with E-state index >= 15 is 0 Å². The number of piperidine rings is 1. The second-order valence-electron chi connectivity index (χ2n) is 5.94. The maximum absolute atomic E-state index is 13.6. The minimum atomic E-state index is -1.04. The van der Waals surface area contributed by atoms with Crippen LogP contribution in [0.1, 0.15) is 26.7 Å². The number of carbonyl (C=O) groups excluding carboxylic acids is 1. The number of rotatable bonds is 2. The smallest absolute Gasteiger partial charge is 0.327 e. The van der Waals surface area contributed by atoms with Gasteiger partial charge in [-0.15, -0.1) is 0 Å². The molecule has 2 amide bonds. The molecule has 1 aromatic rings. The Hall–Kier alpha value is -2.11. The van der Waals surface area contributed by atoms with Crippen LogP contribution in [0.3, 0.4) is 0 Å². The number of hydrogen-bond acceptors (Lipinski definition) is 2. The molecule has 1 fully saturated rings. The molecule has 21 heavy (non-hydrogen) atoms. The van der Waals surface area contributed by atoms with Gasteiger partial charge in [-0.2, -0.15) is 0 Å². The molecule has 1 aliphatic rings. The van der Waals surface area contributed by atoms with Crippen molar-refractivity contribution in [1.82, 2.24) is 4.90 Å². The normalized spacial score (nSPS) is 20.9. The topological polar surface area (TPSA) is 69.6 Å². The Morgan fingerprint density at radius 3 is 2.67 bits per heavy atom. The first-order valence-corrected chi connectivity index (χ1v) is 6.88. The molecular formula is C15H19FN2O3. The van der Waals surface area contributed by atoms with E-state index in [2.05, 4.69) is 5.32 Å². The number of hydrogen-bond donors (Lipinski definition) is 2. The van der Waals surface area contributed by atoms with Gasteiger partial charge in [0.05, 0.1) is 5.69 Å². The molecule has 0 spiro atoms. The van der Waals surface area contributed by atoms with Crippen molar-refractivity contribution in [3.63, 3.8) is 0 Å². The van der Waals surface area contributed by atoms with E-state index in [9.17, 15) is 19.1 Å². The highest BCUT2D eigenvalue weighted by molar-refractivity contribution is 5.92. The Labute approximate surface area is 122 Å². The molecule has 0 saturated carbocycles. The maximum Gasteiger partial charge on any atom is 0.327 e. The van der Waals surface area contributed by atoms with Crippen LogP contribution in [-0.4, -0.2) is 34.6 Å². The zero-order valence-electron chi connectivity index (χ0n) is 12.1. The maximum atomic E-state index is 13.6. The van der Waals surface area contributed by atoms with Crippen molar-refractivity contribution in [2.75, 3.05) is 11.9 Å². The molecule has 6 heteroatoms. The fraction of sp³-hybridized carbons (Fsp3) is 0.467. The van der Waals surface area contributed by atoms with Crippen LogP contribution in [0.15, 0.2) is 24.3 Å². The molecule has 1 saturated heterocycles. The lowest BCUT2D eigenvalue weighted by Gasteiger charge is -2.43. The Kier molecular flexibility index (Phi) is 4.16. The lowest BCUT2D eigenvalue weighted by atomic mass is 9.76. The average Bonchev–Trinajstić information content (AvgIpc) is 2.39. The van der Waals surface area contributed by atoms with Crippen LogP contribution in [0.4, 0.5) is 14.9 Å². The average molecular weight is 294 g/mol. The number of carbonyl (C=O) groups is 2. The SMILES string of the molecule is CC1(C)CCCN(C(=O)Nc2ccccc2F)C1C(=O)O. The van der Waals surface area contributed by atoms with Crippen LogP contribution in [0, 0.1) is 11.2 Å². The van der Waals surface area contributed by atoms with Crippen molar-refractivity contribution in [3.8, 4) is 0 Å². The summed E-state index contributed by atoms with van der Waals surface area (Å²) in [6, 6.07) is 4.31. The van der Waals surface area contributed by atoms with Gasteiger partial charge in [-0.25, -0.2) is 14.0 Å². The summed E-state index contributed by atoms with van der Waals surface area (Å²) >= 11 is 0. The van der Waals surface area contributed by atoms with Gasteiger partial charge in [0.2, 0.25) is 0 Å². The van der Waals surface area contributed by atoms with E-state index in [1.54, 1.807) is 6.07 Å². The van der Waals surface area contributed by atoms with Gasteiger partial charge in [0.1, 0.15) is 11.9 Å². The third-order valence-electron chi connectivity index (χ3n) is 3.88. The van der Waals surface area contributed by atoms with E-state index in [0.29, 0.717) is 6.54 Å². The first-order valence-electron chi connectivity index (χ1n) is 6.88. The molecule has 1 atom stereocenters. The Morgan fingerprint density at radius 1 is 1.38 bits per heavy atom. The largest absolute Gasteiger partial charge is 0.480 e. The van der Waals surface area contributed by atoms with Crippen LogP contribution in [0.2, 0.25) is 0 Å². The van der Waals surface area contributed by atoms with Crippen molar-refractivity contribution in [3.05, 3.63) is 30.1 Å². The number of carboxylic acid groups (broad SMARTS) is 1. The number of benzene rings is 1. The van der Waals surface area contributed by atoms with Gasteiger partial charge in [-0.1, -0.05) is 26.0 Å². The molecule has 1 unspecified atom stereocenters. The van der Waals surface area contributed by atoms with Gasteiger partial charge in [0.15, 0.2) is 0 Å². The molecule has 0 aliphatic carbocycles. The molecule has 1 heterocycles. The molecular weight excluding hydrogens is 275 g/mol. The summed E-state index contributed by atoms with van der Waals surface area (Å²) < 4.78 is 13.6. The lowest BCUT2D eigenvalue weighted by Crippen LogP contribution is -2.57. The summed E-state index contributed by atoms with van der Waals surface area (Å²) in [5, 5.41) is 11.9. The highest BCUT2D eigenvalue weighted by Gasteiger charge is 2.44. The number of carboxylic acids is 1. The number of aliphatic carboxylic acids is 1. The summed E-state index contributed by atoms with van der Waals surface area (Å²) in [6.07, 6.45) is 1.45. The number of halogens is 1. The van der Waals surface area contributed by atoms with Crippen LogP contribution >= 0.6 is 0 Å². The first-order chi connectivity index (χ1) is 9.83. The van der Waals surface area contributed by atoms with Gasteiger partial charge < -0.3 is 15.3 Å². The molecule has 0 aromatic heterocycles. The molecule has 2 rings (SSSR count). The van der Waals surface area contributed by atoms with E-state index in [4.69, 9.17) is 0 Å². The molecule has 0 bridgehead atoms. The summed E-state index contributed by atoms with van der Waals surface area (Å²) in [6.45, 7) is 4.00. The summed E-state index contributed by atoms with van der Waals surface area (Å²) in [7, 11) is 0. The first kappa shape index (κ1) is 15.3. The molecule has 114 valence electrons. The highest BCUT2D eigenvalue weighted by Crippen LogP contribution is 2.35. The number of nitrogens with zero attached hydrogens (tertiary/aromatic N) is 1. The minimum Gasteiger partial charge on any atom is -0.480 e. The van der Waals surface area contributed by atoms with Gasteiger partial charge >= 0.3 is 12.0 Å². The number of urea groups is 1. The van der Waals surface area contributed by atoms with E-state index in [1.165, 1.54) is 23.1 Å². The summed E-state index contributed by atoms with van der Waals surface area (Å²) in [5.41, 5.74) is -0.466. The molecule has 5 nitrogen and oxygen atoms in total. The second-order valence-corrected chi connectivity index (χ2v) is 5.94. The van der Waals surface area contributed by atoms with E-state index < -0.39 is 29.3 Å². The van der Waals surface area contributed by atoms with Crippen LogP contribution in [0.5, 0.6) is 0 Å². The zero-order valence-corrected chi connectivity index (χ0v) is 12.1. The van der Waals surface area contributed by atoms with Crippen LogP contribution < -0.4 is 5.32 Å². The van der Waals surface area contributed by atoms with Crippen molar-refractivity contribution in [2.45, 2.75) is 32.7 Å². The van der Waals surface area contributed by atoms with E-state index in [1.807, 2.05) is 13.8 Å². The van der Waals surface area contributed by atoms with Gasteiger partial charge in [0.25, 0.3) is 0 Å². The molecule has 0 radical (unpaired) electrons. The van der Waals surface area contributed by atoms with Gasteiger partial charge in [0, 0.05) is 6.54 Å². The molecule has 2 N–H and O–H groups in total. The van der Waals surface area contributed by atoms with Crippen molar-refractivity contribution < 1.29 is 19.1 Å². The second kappa shape index (κ2) is 5.71. The van der Waals surface area contributed by atoms with Gasteiger partial charge in [-0.3, -0.25) is 0 Å². The number of amides is 2. The Bertz CT molecular complexity index is 560. The number of nitrogens with one attached hydrogen (secondary N) is 1. The Morgan fingerprint density at radius 2 is 2.05 bits per heavy atom. The number of likely N-dealkylation sites (tertiary alicyclic amines) is 1. The lowest BCUT2D eigenvalue weighted by molar-refractivity contribution is -0.148. The summed E-state index contributed by atoms with van der Waals surface area (Å²) in [5.74, 6) is -1.59. The number of para-hydroxylation sites is 1.